The number of aliphatic hydroxyl groups excluding tert-OH is 1. The van der Waals surface area contributed by atoms with Gasteiger partial charge in [0.25, 0.3) is 5.91 Å². The van der Waals surface area contributed by atoms with Crippen LogP contribution >= 0.6 is 35.3 Å². The molecule has 0 unspecified atom stereocenters. The maximum absolute atomic E-state index is 13.6. The lowest BCUT2D eigenvalue weighted by Crippen LogP contribution is -2.45. The molecule has 1 aliphatic heterocycles. The Hall–Kier alpha value is -2.81. The van der Waals surface area contributed by atoms with Gasteiger partial charge in [-0.2, -0.15) is 13.2 Å². The lowest BCUT2D eigenvalue weighted by Gasteiger charge is -2.18. The van der Waals surface area contributed by atoms with E-state index < -0.39 is 47.5 Å². The second-order valence-corrected chi connectivity index (χ2v) is 10.3. The fourth-order valence-electron chi connectivity index (χ4n) is 3.16. The first kappa shape index (κ1) is 27.8. The number of carboxylic acids is 1. The molecule has 36 heavy (non-hydrogen) atoms. The molecule has 2 amide bonds. The summed E-state index contributed by atoms with van der Waals surface area (Å²) in [4.78, 5) is 37.6. The molecular formula is C22H18F4N2O5S3. The average molecular weight is 563 g/mol. The first-order valence-corrected chi connectivity index (χ1v) is 12.3. The largest absolute Gasteiger partial charge is 0.479 e. The summed E-state index contributed by atoms with van der Waals surface area (Å²) >= 11 is 7.37. The van der Waals surface area contributed by atoms with Crippen LogP contribution in [0, 0.1) is 5.82 Å². The molecule has 7 nitrogen and oxygen atoms in total. The van der Waals surface area contributed by atoms with E-state index in [1.54, 1.807) is 11.4 Å². The number of aliphatic carboxylic acids is 1. The highest BCUT2D eigenvalue weighted by molar-refractivity contribution is 8.26. The van der Waals surface area contributed by atoms with Gasteiger partial charge in [-0.1, -0.05) is 30.0 Å². The number of amides is 2. The number of carboxylic acid groups (broad SMARTS) is 1. The number of thioether (sulfide) groups is 1. The molecule has 1 fully saturated rings. The van der Waals surface area contributed by atoms with Crippen molar-refractivity contribution >= 4 is 63.5 Å². The van der Waals surface area contributed by atoms with Crippen LogP contribution in [0.25, 0.3) is 17.2 Å². The van der Waals surface area contributed by atoms with Gasteiger partial charge in [0, 0.05) is 17.8 Å². The van der Waals surface area contributed by atoms with Crippen molar-refractivity contribution in [2.75, 3.05) is 6.54 Å². The number of thiophene rings is 1. The average Bonchev–Trinajstić information content (AvgIpc) is 3.35. The van der Waals surface area contributed by atoms with Crippen LogP contribution in [0.2, 0.25) is 0 Å². The van der Waals surface area contributed by atoms with Gasteiger partial charge < -0.3 is 15.5 Å². The number of hydrogen-bond acceptors (Lipinski definition) is 7. The molecule has 0 bridgehead atoms. The Balaban J connectivity index is 1.67. The standard InChI is InChI=1S/C22H18F4N2O5S3/c1-10(18(30)20(32)33)27-17(29)4-5-28-19(31)16(36-21(28)34)8-13-6-12(9-35-13)11-2-3-15(23)14(7-11)22(24,25)26/h2-3,6-10,18,30H,4-5H2,1H3,(H,27,29)(H,32,33)/t10-,18+/m0/s1. The summed E-state index contributed by atoms with van der Waals surface area (Å²) in [5.74, 6) is -3.90. The Labute approximate surface area is 215 Å². The minimum atomic E-state index is -4.84. The minimum absolute atomic E-state index is 0.0742. The van der Waals surface area contributed by atoms with Gasteiger partial charge in [0.2, 0.25) is 5.91 Å². The normalized spacial score (nSPS) is 16.9. The maximum atomic E-state index is 13.6. The van der Waals surface area contributed by atoms with E-state index in [0.29, 0.717) is 10.4 Å². The summed E-state index contributed by atoms with van der Waals surface area (Å²) < 4.78 is 52.8. The van der Waals surface area contributed by atoms with Gasteiger partial charge in [-0.15, -0.1) is 11.3 Å². The van der Waals surface area contributed by atoms with Crippen molar-refractivity contribution in [3.8, 4) is 11.1 Å². The van der Waals surface area contributed by atoms with Crippen LogP contribution in [0.1, 0.15) is 23.8 Å². The van der Waals surface area contributed by atoms with E-state index in [-0.39, 0.29) is 27.8 Å². The van der Waals surface area contributed by atoms with Crippen molar-refractivity contribution in [2.24, 2.45) is 0 Å². The highest BCUT2D eigenvalue weighted by Crippen LogP contribution is 2.37. The zero-order valence-corrected chi connectivity index (χ0v) is 20.8. The number of carbonyl (C=O) groups excluding carboxylic acids is 2. The Morgan fingerprint density at radius 3 is 2.58 bits per heavy atom. The number of nitrogens with one attached hydrogen (secondary N) is 1. The van der Waals surface area contributed by atoms with Gasteiger partial charge in [-0.3, -0.25) is 14.5 Å². The number of thiocarbonyl (C=S) groups is 1. The Kier molecular flexibility index (Phi) is 8.54. The zero-order chi connectivity index (χ0) is 26.8. The summed E-state index contributed by atoms with van der Waals surface area (Å²) in [6.45, 7) is 1.25. The van der Waals surface area contributed by atoms with Gasteiger partial charge in [0.1, 0.15) is 10.1 Å². The molecule has 0 spiro atoms. The minimum Gasteiger partial charge on any atom is -0.479 e. The summed E-state index contributed by atoms with van der Waals surface area (Å²) in [5, 5.41) is 22.1. The van der Waals surface area contributed by atoms with Crippen LogP contribution in [-0.2, 0) is 20.6 Å². The molecule has 3 rings (SSSR count). The first-order chi connectivity index (χ1) is 16.8. The maximum Gasteiger partial charge on any atom is 0.419 e. The topological polar surface area (TPSA) is 107 Å². The van der Waals surface area contributed by atoms with E-state index in [0.717, 1.165) is 23.9 Å². The summed E-state index contributed by atoms with van der Waals surface area (Å²) in [7, 11) is 0. The summed E-state index contributed by atoms with van der Waals surface area (Å²) in [6.07, 6.45) is -5.28. The lowest BCUT2D eigenvalue weighted by atomic mass is 10.0. The fraction of sp³-hybridized carbons (Fsp3) is 0.273. The zero-order valence-electron chi connectivity index (χ0n) is 18.3. The molecule has 3 N–H and O–H groups in total. The van der Waals surface area contributed by atoms with E-state index in [4.69, 9.17) is 17.3 Å². The molecule has 1 aliphatic rings. The van der Waals surface area contributed by atoms with E-state index in [2.05, 4.69) is 5.32 Å². The highest BCUT2D eigenvalue weighted by atomic mass is 32.2. The quantitative estimate of drug-likeness (QED) is 0.253. The third-order valence-corrected chi connectivity index (χ3v) is 7.31. The Morgan fingerprint density at radius 1 is 1.25 bits per heavy atom. The summed E-state index contributed by atoms with van der Waals surface area (Å²) in [5.41, 5.74) is -0.786. The number of nitrogens with zero attached hydrogens (tertiary/aromatic N) is 1. The monoisotopic (exact) mass is 562 g/mol. The van der Waals surface area contributed by atoms with E-state index in [1.807, 2.05) is 0 Å². The molecule has 2 heterocycles. The fourth-order valence-corrected chi connectivity index (χ4v) is 5.38. The van der Waals surface area contributed by atoms with Crippen molar-refractivity contribution in [1.82, 2.24) is 10.2 Å². The first-order valence-electron chi connectivity index (χ1n) is 10.2. The van der Waals surface area contributed by atoms with Crippen LogP contribution in [-0.4, -0.2) is 55.9 Å². The second kappa shape index (κ2) is 11.1. The van der Waals surface area contributed by atoms with Gasteiger partial charge in [-0.05, 0) is 47.7 Å². The lowest BCUT2D eigenvalue weighted by molar-refractivity contribution is -0.148. The SMILES string of the molecule is C[C@H](NC(=O)CCN1C(=O)C(=Cc2cc(-c3ccc(F)c(C(F)(F)F)c3)cs2)SC1=S)[C@@H](O)C(=O)O. The number of carbonyl (C=O) groups is 3. The number of rotatable bonds is 8. The van der Waals surface area contributed by atoms with Crippen LogP contribution < -0.4 is 5.32 Å². The third-order valence-electron chi connectivity index (χ3n) is 5.05. The molecule has 14 heteroatoms. The van der Waals surface area contributed by atoms with E-state index in [1.165, 1.54) is 35.3 Å². The smallest absolute Gasteiger partial charge is 0.419 e. The molecule has 0 aliphatic carbocycles. The second-order valence-electron chi connectivity index (χ2n) is 7.65. The van der Waals surface area contributed by atoms with Crippen molar-refractivity contribution in [2.45, 2.75) is 31.7 Å². The molecule has 1 aromatic heterocycles. The predicted molar refractivity (Wildman–Crippen MR) is 130 cm³/mol. The number of benzene rings is 1. The van der Waals surface area contributed by atoms with Crippen LogP contribution in [0.5, 0.6) is 0 Å². The van der Waals surface area contributed by atoms with E-state index in [9.17, 15) is 37.1 Å². The molecule has 1 saturated heterocycles. The van der Waals surface area contributed by atoms with E-state index >= 15 is 0 Å². The Bertz CT molecular complexity index is 1240. The van der Waals surface area contributed by atoms with Crippen LogP contribution in [0.3, 0.4) is 0 Å². The highest BCUT2D eigenvalue weighted by Gasteiger charge is 2.35. The van der Waals surface area contributed by atoms with Gasteiger partial charge >= 0.3 is 12.1 Å². The number of aliphatic hydroxyl groups is 1. The van der Waals surface area contributed by atoms with Crippen LogP contribution in [0.4, 0.5) is 17.6 Å². The molecule has 2 atom stereocenters. The van der Waals surface area contributed by atoms with Gasteiger partial charge in [0.05, 0.1) is 16.5 Å². The Morgan fingerprint density at radius 2 is 1.94 bits per heavy atom. The molecule has 1 aromatic carbocycles. The number of halogens is 4. The van der Waals surface area contributed by atoms with Gasteiger partial charge in [-0.25, -0.2) is 9.18 Å². The number of alkyl halides is 3. The molecule has 192 valence electrons. The van der Waals surface area contributed by atoms with Crippen molar-refractivity contribution < 1.29 is 42.2 Å². The van der Waals surface area contributed by atoms with Crippen LogP contribution in [0.15, 0.2) is 34.6 Å². The molecular weight excluding hydrogens is 544 g/mol. The number of hydrogen-bond donors (Lipinski definition) is 3. The molecule has 0 saturated carbocycles. The van der Waals surface area contributed by atoms with Crippen molar-refractivity contribution in [3.05, 3.63) is 50.8 Å². The molecule has 0 radical (unpaired) electrons. The molecule has 2 aromatic rings. The predicted octanol–water partition coefficient (Wildman–Crippen LogP) is 4.11. The van der Waals surface area contributed by atoms with Gasteiger partial charge in [0.15, 0.2) is 6.10 Å². The van der Waals surface area contributed by atoms with Crippen molar-refractivity contribution in [1.29, 1.82) is 0 Å². The summed E-state index contributed by atoms with van der Waals surface area (Å²) in [6, 6.07) is 3.23. The van der Waals surface area contributed by atoms with Crippen molar-refractivity contribution in [3.63, 3.8) is 0 Å². The third kappa shape index (κ3) is 6.49.